The maximum Gasteiger partial charge on any atom is 0.233 e. The van der Waals surface area contributed by atoms with Gasteiger partial charge in [-0.2, -0.15) is 5.10 Å². The topological polar surface area (TPSA) is 47.0 Å². The molecule has 1 aromatic rings. The molecule has 4 heteroatoms. The third-order valence-electron chi connectivity index (χ3n) is 3.34. The van der Waals surface area contributed by atoms with Crippen LogP contribution in [0.2, 0.25) is 0 Å². The number of unbranched alkanes of at least 4 members (excludes halogenated alkanes) is 3. The lowest BCUT2D eigenvalue weighted by Crippen LogP contribution is -2.20. The number of nitrogens with zero attached hydrogens (tertiary/aromatic N) is 2. The molecule has 0 radical (unpaired) electrons. The Morgan fingerprint density at radius 2 is 1.90 bits per heavy atom. The van der Waals surface area contributed by atoms with Crippen molar-refractivity contribution in [2.45, 2.75) is 72.4 Å². The Bertz CT molecular complexity index is 365. The normalized spacial score (nSPS) is 12.6. The van der Waals surface area contributed by atoms with Gasteiger partial charge in [0, 0.05) is 12.6 Å². The highest BCUT2D eigenvalue weighted by atomic mass is 16.5. The first-order valence-electron chi connectivity index (χ1n) is 8.31. The van der Waals surface area contributed by atoms with Crippen LogP contribution in [0, 0.1) is 5.92 Å². The molecule has 1 atom stereocenters. The van der Waals surface area contributed by atoms with Crippen LogP contribution >= 0.6 is 0 Å². The summed E-state index contributed by atoms with van der Waals surface area (Å²) < 4.78 is 5.80. The monoisotopic (exact) mass is 293 g/mol. The minimum absolute atomic E-state index is 0.209. The van der Waals surface area contributed by atoms with E-state index in [0.29, 0.717) is 11.8 Å². The number of hydrogen-bond donors (Lipinski definition) is 1. The van der Waals surface area contributed by atoms with Crippen LogP contribution in [-0.2, 0) is 6.54 Å². The van der Waals surface area contributed by atoms with E-state index in [-0.39, 0.29) is 6.10 Å². The zero-order valence-corrected chi connectivity index (χ0v) is 14.1. The van der Waals surface area contributed by atoms with Gasteiger partial charge >= 0.3 is 0 Å². The second kappa shape index (κ2) is 10.6. The van der Waals surface area contributed by atoms with Gasteiger partial charge in [-0.3, -0.25) is 0 Å². The Kier molecular flexibility index (Phi) is 8.99. The van der Waals surface area contributed by atoms with E-state index in [1.54, 1.807) is 0 Å². The Hall–Kier alpha value is -1.16. The van der Waals surface area contributed by atoms with Crippen LogP contribution in [0.4, 0.5) is 0 Å². The largest absolute Gasteiger partial charge is 0.474 e. The quantitative estimate of drug-likeness (QED) is 0.627. The predicted octanol–water partition coefficient (Wildman–Crippen LogP) is 3.96. The molecule has 1 unspecified atom stereocenters. The summed E-state index contributed by atoms with van der Waals surface area (Å²) in [4.78, 5) is 0. The summed E-state index contributed by atoms with van der Waals surface area (Å²) in [6, 6.07) is 3.90. The first-order valence-corrected chi connectivity index (χ1v) is 8.31. The highest BCUT2D eigenvalue weighted by molar-refractivity contribution is 5.11. The van der Waals surface area contributed by atoms with Crippen molar-refractivity contribution in [1.29, 1.82) is 0 Å². The number of ether oxygens (including phenoxy) is 1. The van der Waals surface area contributed by atoms with E-state index >= 15 is 0 Å². The average molecular weight is 293 g/mol. The molecule has 0 fully saturated rings. The number of aromatic nitrogens is 2. The van der Waals surface area contributed by atoms with Gasteiger partial charge in [0.15, 0.2) is 0 Å². The van der Waals surface area contributed by atoms with Crippen LogP contribution in [0.1, 0.15) is 65.5 Å². The third-order valence-corrected chi connectivity index (χ3v) is 3.34. The molecule has 0 aliphatic heterocycles. The van der Waals surface area contributed by atoms with Gasteiger partial charge in [0.2, 0.25) is 5.88 Å². The highest BCUT2D eigenvalue weighted by Crippen LogP contribution is 2.12. The molecular weight excluding hydrogens is 262 g/mol. The first-order chi connectivity index (χ1) is 10.1. The van der Waals surface area contributed by atoms with E-state index in [4.69, 9.17) is 4.74 Å². The van der Waals surface area contributed by atoms with Gasteiger partial charge in [-0.05, 0) is 38.3 Å². The molecule has 0 spiro atoms. The minimum atomic E-state index is 0.209. The maximum absolute atomic E-state index is 5.80. The molecule has 1 rings (SSSR count). The SMILES string of the molecule is CCCCCCC(C)Oc1ccc(CNCC(C)C)nn1. The lowest BCUT2D eigenvalue weighted by atomic mass is 10.1. The van der Waals surface area contributed by atoms with Gasteiger partial charge in [-0.15, -0.1) is 5.10 Å². The molecule has 0 amide bonds. The third kappa shape index (κ3) is 8.66. The molecule has 1 aromatic heterocycles. The van der Waals surface area contributed by atoms with Crippen molar-refractivity contribution < 1.29 is 4.74 Å². The van der Waals surface area contributed by atoms with Gasteiger partial charge in [0.25, 0.3) is 0 Å². The zero-order valence-electron chi connectivity index (χ0n) is 14.1. The lowest BCUT2D eigenvalue weighted by Gasteiger charge is -2.13. The predicted molar refractivity (Wildman–Crippen MR) is 87.4 cm³/mol. The molecule has 1 heterocycles. The van der Waals surface area contributed by atoms with Gasteiger partial charge in [-0.25, -0.2) is 0 Å². The van der Waals surface area contributed by atoms with E-state index in [0.717, 1.165) is 25.2 Å². The molecule has 0 bridgehead atoms. The lowest BCUT2D eigenvalue weighted by molar-refractivity contribution is 0.196. The van der Waals surface area contributed by atoms with Crippen molar-refractivity contribution in [3.63, 3.8) is 0 Å². The van der Waals surface area contributed by atoms with Gasteiger partial charge in [0.05, 0.1) is 11.8 Å². The van der Waals surface area contributed by atoms with Crippen molar-refractivity contribution in [2.75, 3.05) is 6.54 Å². The van der Waals surface area contributed by atoms with E-state index < -0.39 is 0 Å². The van der Waals surface area contributed by atoms with Crippen LogP contribution < -0.4 is 10.1 Å². The molecule has 0 aliphatic carbocycles. The summed E-state index contributed by atoms with van der Waals surface area (Å²) in [6.45, 7) is 10.5. The summed E-state index contributed by atoms with van der Waals surface area (Å²) >= 11 is 0. The van der Waals surface area contributed by atoms with Crippen molar-refractivity contribution in [1.82, 2.24) is 15.5 Å². The minimum Gasteiger partial charge on any atom is -0.474 e. The fourth-order valence-corrected chi connectivity index (χ4v) is 2.12. The molecule has 0 saturated heterocycles. The summed E-state index contributed by atoms with van der Waals surface area (Å²) in [5, 5.41) is 11.7. The summed E-state index contributed by atoms with van der Waals surface area (Å²) in [6.07, 6.45) is 6.38. The first kappa shape index (κ1) is 17.9. The number of nitrogens with one attached hydrogen (secondary N) is 1. The molecule has 21 heavy (non-hydrogen) atoms. The smallest absolute Gasteiger partial charge is 0.233 e. The fourth-order valence-electron chi connectivity index (χ4n) is 2.12. The Morgan fingerprint density at radius 3 is 2.52 bits per heavy atom. The van der Waals surface area contributed by atoms with Crippen molar-refractivity contribution in [3.8, 4) is 5.88 Å². The molecule has 4 nitrogen and oxygen atoms in total. The maximum atomic E-state index is 5.80. The summed E-state index contributed by atoms with van der Waals surface area (Å²) in [5.74, 6) is 1.28. The van der Waals surface area contributed by atoms with Crippen LogP contribution in [0.25, 0.3) is 0 Å². The van der Waals surface area contributed by atoms with Crippen molar-refractivity contribution in [2.24, 2.45) is 5.92 Å². The fraction of sp³-hybridized carbons (Fsp3) is 0.765. The number of hydrogen-bond acceptors (Lipinski definition) is 4. The highest BCUT2D eigenvalue weighted by Gasteiger charge is 2.06. The molecule has 0 aromatic carbocycles. The molecule has 120 valence electrons. The van der Waals surface area contributed by atoms with Crippen LogP contribution in [0.15, 0.2) is 12.1 Å². The molecular formula is C17H31N3O. The number of rotatable bonds is 11. The summed E-state index contributed by atoms with van der Waals surface area (Å²) in [7, 11) is 0. The molecule has 1 N–H and O–H groups in total. The van der Waals surface area contributed by atoms with Crippen molar-refractivity contribution in [3.05, 3.63) is 17.8 Å². The van der Waals surface area contributed by atoms with Crippen molar-refractivity contribution >= 4 is 0 Å². The Balaban J connectivity index is 2.26. The van der Waals surface area contributed by atoms with E-state index in [9.17, 15) is 0 Å². The molecule has 0 aliphatic rings. The van der Waals surface area contributed by atoms with Gasteiger partial charge in [-0.1, -0.05) is 40.0 Å². The van der Waals surface area contributed by atoms with Crippen LogP contribution in [-0.4, -0.2) is 22.8 Å². The standard InChI is InChI=1S/C17H31N3O/c1-5-6-7-8-9-15(4)21-17-11-10-16(19-20-17)13-18-12-14(2)3/h10-11,14-15,18H,5-9,12-13H2,1-4H3. The van der Waals surface area contributed by atoms with Gasteiger partial charge < -0.3 is 10.1 Å². The molecule has 0 saturated carbocycles. The van der Waals surface area contributed by atoms with Crippen LogP contribution in [0.3, 0.4) is 0 Å². The second-order valence-corrected chi connectivity index (χ2v) is 6.17. The average Bonchev–Trinajstić information content (AvgIpc) is 2.45. The van der Waals surface area contributed by atoms with E-state index in [2.05, 4.69) is 43.2 Å². The Labute approximate surface area is 129 Å². The Morgan fingerprint density at radius 1 is 1.10 bits per heavy atom. The summed E-state index contributed by atoms with van der Waals surface area (Å²) in [5.41, 5.74) is 0.957. The van der Waals surface area contributed by atoms with E-state index in [1.165, 1.54) is 25.7 Å². The zero-order chi connectivity index (χ0) is 15.5. The van der Waals surface area contributed by atoms with E-state index in [1.807, 2.05) is 12.1 Å². The van der Waals surface area contributed by atoms with Crippen LogP contribution in [0.5, 0.6) is 5.88 Å². The second-order valence-electron chi connectivity index (χ2n) is 6.17. The van der Waals surface area contributed by atoms with Gasteiger partial charge in [0.1, 0.15) is 0 Å².